The molecule has 1 atom stereocenters. The molecule has 1 aromatic heterocycles. The van der Waals surface area contributed by atoms with Gasteiger partial charge in [-0.15, -0.1) is 0 Å². The monoisotopic (exact) mass is 266 g/mol. The summed E-state index contributed by atoms with van der Waals surface area (Å²) in [4.78, 5) is 3.92. The van der Waals surface area contributed by atoms with Crippen LogP contribution in [0.4, 0.5) is 13.2 Å². The highest BCUT2D eigenvalue weighted by molar-refractivity contribution is 5.30. The van der Waals surface area contributed by atoms with Gasteiger partial charge in [0.25, 0.3) is 0 Å². The Morgan fingerprint density at radius 1 is 1.11 bits per heavy atom. The van der Waals surface area contributed by atoms with Gasteiger partial charge in [0, 0.05) is 11.8 Å². The molecule has 2 aromatic rings. The van der Waals surface area contributed by atoms with Crippen LogP contribution in [-0.4, -0.2) is 11.5 Å². The molecule has 0 fully saturated rings. The second kappa shape index (κ2) is 5.84. The fraction of sp³-hybridized carbons (Fsp3) is 0.214. The van der Waals surface area contributed by atoms with Crippen LogP contribution in [0.25, 0.3) is 0 Å². The van der Waals surface area contributed by atoms with E-state index >= 15 is 0 Å². The number of nitrogens with one attached hydrogen (secondary N) is 1. The predicted molar refractivity (Wildman–Crippen MR) is 66.1 cm³/mol. The Morgan fingerprint density at radius 2 is 1.84 bits per heavy atom. The first-order chi connectivity index (χ1) is 9.15. The molecule has 1 N–H and O–H groups in total. The topological polar surface area (TPSA) is 24.9 Å². The Kier molecular flexibility index (Phi) is 4.16. The molecule has 0 bridgehead atoms. The Balaban J connectivity index is 2.52. The Labute approximate surface area is 109 Å². The highest BCUT2D eigenvalue weighted by Crippen LogP contribution is 2.25. The lowest BCUT2D eigenvalue weighted by Crippen LogP contribution is -2.25. The molecule has 0 radical (unpaired) electrons. The number of benzene rings is 1. The second-order valence-electron chi connectivity index (χ2n) is 4.00. The summed E-state index contributed by atoms with van der Waals surface area (Å²) in [5.41, 5.74) is 0.0910. The van der Waals surface area contributed by atoms with Crippen molar-refractivity contribution in [3.8, 4) is 0 Å². The van der Waals surface area contributed by atoms with Crippen molar-refractivity contribution in [1.82, 2.24) is 10.3 Å². The fourth-order valence-corrected chi connectivity index (χ4v) is 1.91. The molecule has 2 nitrogen and oxygen atoms in total. The van der Waals surface area contributed by atoms with Gasteiger partial charge in [-0.2, -0.15) is 0 Å². The van der Waals surface area contributed by atoms with Crippen molar-refractivity contribution in [2.45, 2.75) is 13.0 Å². The van der Waals surface area contributed by atoms with Gasteiger partial charge >= 0.3 is 0 Å². The number of nitrogens with zero attached hydrogens (tertiary/aromatic N) is 1. The molecular formula is C14H13F3N2. The normalized spacial score (nSPS) is 12.4. The molecular weight excluding hydrogens is 253 g/mol. The van der Waals surface area contributed by atoms with Crippen LogP contribution in [0.2, 0.25) is 0 Å². The van der Waals surface area contributed by atoms with Crippen LogP contribution in [-0.2, 0) is 0 Å². The Morgan fingerprint density at radius 3 is 2.53 bits per heavy atom. The zero-order chi connectivity index (χ0) is 13.8. The van der Waals surface area contributed by atoms with Gasteiger partial charge in [-0.25, -0.2) is 13.2 Å². The van der Waals surface area contributed by atoms with Crippen LogP contribution >= 0.6 is 0 Å². The number of hydrogen-bond acceptors (Lipinski definition) is 2. The summed E-state index contributed by atoms with van der Waals surface area (Å²) in [6.07, 6.45) is 1.42. The second-order valence-corrected chi connectivity index (χ2v) is 4.00. The van der Waals surface area contributed by atoms with Gasteiger partial charge in [-0.05, 0) is 24.7 Å². The van der Waals surface area contributed by atoms with Crippen LogP contribution in [0.1, 0.15) is 24.2 Å². The molecule has 0 aliphatic carbocycles. The molecule has 0 amide bonds. The zero-order valence-corrected chi connectivity index (χ0v) is 10.3. The first kappa shape index (κ1) is 13.5. The van der Waals surface area contributed by atoms with E-state index < -0.39 is 23.5 Å². The summed E-state index contributed by atoms with van der Waals surface area (Å²) in [6, 6.07) is 5.70. The van der Waals surface area contributed by atoms with Crippen molar-refractivity contribution in [2.24, 2.45) is 0 Å². The third kappa shape index (κ3) is 2.76. The van der Waals surface area contributed by atoms with E-state index in [1.165, 1.54) is 30.5 Å². The molecule has 0 aliphatic heterocycles. The maximum absolute atomic E-state index is 13.8. The molecule has 5 heteroatoms. The molecule has 1 aromatic carbocycles. The Bertz CT molecular complexity index is 572. The van der Waals surface area contributed by atoms with Crippen molar-refractivity contribution < 1.29 is 13.2 Å². The van der Waals surface area contributed by atoms with E-state index in [2.05, 4.69) is 10.3 Å². The molecule has 2 rings (SSSR count). The first-order valence-electron chi connectivity index (χ1n) is 5.92. The van der Waals surface area contributed by atoms with Crippen molar-refractivity contribution >= 4 is 0 Å². The van der Waals surface area contributed by atoms with Gasteiger partial charge < -0.3 is 5.32 Å². The van der Waals surface area contributed by atoms with Gasteiger partial charge in [0.15, 0.2) is 11.6 Å². The van der Waals surface area contributed by atoms with E-state index in [-0.39, 0.29) is 11.3 Å². The largest absolute Gasteiger partial charge is 0.305 e. The van der Waals surface area contributed by atoms with Crippen molar-refractivity contribution in [1.29, 1.82) is 0 Å². The number of aromatic nitrogens is 1. The van der Waals surface area contributed by atoms with Crippen molar-refractivity contribution in [3.05, 3.63) is 65.2 Å². The van der Waals surface area contributed by atoms with Crippen LogP contribution in [0.3, 0.4) is 0 Å². The van der Waals surface area contributed by atoms with Gasteiger partial charge in [0.2, 0.25) is 0 Å². The maximum Gasteiger partial charge on any atom is 0.163 e. The highest BCUT2D eigenvalue weighted by atomic mass is 19.2. The third-order valence-corrected chi connectivity index (χ3v) is 2.76. The summed E-state index contributed by atoms with van der Waals surface area (Å²) in [5.74, 6) is -2.51. The van der Waals surface area contributed by atoms with Crippen molar-refractivity contribution in [3.63, 3.8) is 0 Å². The predicted octanol–water partition coefficient (Wildman–Crippen LogP) is 3.20. The fourth-order valence-electron chi connectivity index (χ4n) is 1.91. The third-order valence-electron chi connectivity index (χ3n) is 2.76. The summed E-state index contributed by atoms with van der Waals surface area (Å²) < 4.78 is 40.9. The molecule has 19 heavy (non-hydrogen) atoms. The molecule has 0 aliphatic rings. The lowest BCUT2D eigenvalue weighted by Gasteiger charge is -2.19. The van der Waals surface area contributed by atoms with Crippen LogP contribution < -0.4 is 5.32 Å². The number of halogens is 3. The minimum atomic E-state index is -0.987. The van der Waals surface area contributed by atoms with Gasteiger partial charge in [0.05, 0.1) is 11.7 Å². The molecule has 0 spiro atoms. The highest BCUT2D eigenvalue weighted by Gasteiger charge is 2.22. The lowest BCUT2D eigenvalue weighted by molar-refractivity contribution is 0.473. The molecule has 1 heterocycles. The summed E-state index contributed by atoms with van der Waals surface area (Å²) in [6.45, 7) is 2.27. The van der Waals surface area contributed by atoms with Crippen LogP contribution in [0.5, 0.6) is 0 Å². The SMILES string of the molecule is CCNC(c1cccc(F)c1F)c1ncccc1F. The van der Waals surface area contributed by atoms with E-state index in [1.54, 1.807) is 6.92 Å². The van der Waals surface area contributed by atoms with Gasteiger partial charge in [-0.3, -0.25) is 4.98 Å². The molecule has 0 saturated carbocycles. The van der Waals surface area contributed by atoms with Crippen LogP contribution in [0, 0.1) is 17.5 Å². The molecule has 100 valence electrons. The summed E-state index contributed by atoms with van der Waals surface area (Å²) >= 11 is 0. The standard InChI is InChI=1S/C14H13F3N2/c1-2-18-13(14-11(16)7-4-8-19-14)9-5-3-6-10(15)12(9)17/h3-8,13,18H,2H2,1H3. The summed E-state index contributed by atoms with van der Waals surface area (Å²) in [7, 11) is 0. The minimum Gasteiger partial charge on any atom is -0.305 e. The van der Waals surface area contributed by atoms with E-state index in [0.29, 0.717) is 6.54 Å². The van der Waals surface area contributed by atoms with E-state index in [9.17, 15) is 13.2 Å². The smallest absolute Gasteiger partial charge is 0.163 e. The van der Waals surface area contributed by atoms with E-state index in [1.807, 2.05) is 0 Å². The minimum absolute atomic E-state index is 0.0412. The van der Waals surface area contributed by atoms with Gasteiger partial charge in [-0.1, -0.05) is 19.1 Å². The summed E-state index contributed by atoms with van der Waals surface area (Å²) in [5, 5.41) is 2.91. The van der Waals surface area contributed by atoms with Gasteiger partial charge in [0.1, 0.15) is 5.82 Å². The van der Waals surface area contributed by atoms with E-state index in [0.717, 1.165) is 6.07 Å². The number of rotatable bonds is 4. The van der Waals surface area contributed by atoms with Crippen molar-refractivity contribution in [2.75, 3.05) is 6.54 Å². The molecule has 0 saturated heterocycles. The Hall–Kier alpha value is -1.88. The maximum atomic E-state index is 13.8. The number of pyridine rings is 1. The van der Waals surface area contributed by atoms with E-state index in [4.69, 9.17) is 0 Å². The first-order valence-corrected chi connectivity index (χ1v) is 5.92. The quantitative estimate of drug-likeness (QED) is 0.919. The average Bonchev–Trinajstić information content (AvgIpc) is 2.41. The van der Waals surface area contributed by atoms with Crippen LogP contribution in [0.15, 0.2) is 36.5 Å². The zero-order valence-electron chi connectivity index (χ0n) is 10.3. The number of hydrogen-bond donors (Lipinski definition) is 1. The lowest BCUT2D eigenvalue weighted by atomic mass is 10.0. The molecule has 1 unspecified atom stereocenters. The average molecular weight is 266 g/mol.